The molecule has 0 saturated carbocycles. The van der Waals surface area contributed by atoms with Crippen molar-refractivity contribution in [2.24, 2.45) is 0 Å². The van der Waals surface area contributed by atoms with Crippen molar-refractivity contribution in [1.82, 2.24) is 0 Å². The third-order valence-corrected chi connectivity index (χ3v) is 8.17. The summed E-state index contributed by atoms with van der Waals surface area (Å²) in [6.45, 7) is -3.11. The molecule has 14 N–H and O–H groups in total. The highest BCUT2D eigenvalue weighted by Gasteiger charge is 2.53. The largest absolute Gasteiger partial charge is 0.394 e. The standard InChI is InChI=1S/C24H42O21/c25-1-5-9(28)12(31)16(35)21(40-5)39-4-8-11(30)14(33)17(36)22(43-8)44-20-7(3-27)42-24(19(38)15(20)34)45-23-18(37)13(32)10(29)6(2-26)41-23/h5-38H,1-4H2/t5-,6-,7-,8-,9+,10-,11-,12+,13+,14+,15-,16-,17-,18-,19-,20-,21+,22+,23-,24-/m1/s1. The minimum atomic E-state index is -2.01. The van der Waals surface area contributed by atoms with E-state index in [1.165, 1.54) is 0 Å². The van der Waals surface area contributed by atoms with Gasteiger partial charge in [-0.3, -0.25) is 0 Å². The molecule has 264 valence electrons. The molecular formula is C24H42O21. The minimum Gasteiger partial charge on any atom is -0.394 e. The maximum Gasteiger partial charge on any atom is 0.189 e. The van der Waals surface area contributed by atoms with Crippen LogP contribution in [0.1, 0.15) is 0 Å². The number of hydrogen-bond donors (Lipinski definition) is 14. The highest BCUT2D eigenvalue weighted by Crippen LogP contribution is 2.32. The molecule has 0 amide bonds. The Morgan fingerprint density at radius 1 is 0.356 bits per heavy atom. The van der Waals surface area contributed by atoms with Crippen LogP contribution in [0.15, 0.2) is 0 Å². The second kappa shape index (κ2) is 15.6. The number of hydrogen-bond acceptors (Lipinski definition) is 21. The van der Waals surface area contributed by atoms with Gasteiger partial charge in [0.05, 0.1) is 26.4 Å². The lowest BCUT2D eigenvalue weighted by Gasteiger charge is -2.47. The Kier molecular flexibility index (Phi) is 12.8. The molecule has 4 rings (SSSR count). The number of rotatable bonds is 10. The fourth-order valence-corrected chi connectivity index (χ4v) is 5.36. The molecule has 4 fully saturated rings. The van der Waals surface area contributed by atoms with Gasteiger partial charge in [-0.1, -0.05) is 0 Å². The summed E-state index contributed by atoms with van der Waals surface area (Å²) in [7, 11) is 0. The first kappa shape index (κ1) is 37.0. The molecule has 4 aliphatic rings. The predicted octanol–water partition coefficient (Wildman–Crippen LogP) is -9.75. The molecule has 4 heterocycles. The van der Waals surface area contributed by atoms with Crippen LogP contribution in [0.5, 0.6) is 0 Å². The lowest BCUT2D eigenvalue weighted by Crippen LogP contribution is -2.66. The van der Waals surface area contributed by atoms with Crippen LogP contribution in [-0.2, 0) is 33.2 Å². The lowest BCUT2D eigenvalue weighted by molar-refractivity contribution is -0.393. The Morgan fingerprint density at radius 3 is 1.20 bits per heavy atom. The second-order valence-corrected chi connectivity index (χ2v) is 11.2. The van der Waals surface area contributed by atoms with Crippen LogP contribution in [0.4, 0.5) is 0 Å². The van der Waals surface area contributed by atoms with Crippen molar-refractivity contribution >= 4 is 0 Å². The first-order chi connectivity index (χ1) is 21.2. The van der Waals surface area contributed by atoms with Gasteiger partial charge in [-0.15, -0.1) is 0 Å². The van der Waals surface area contributed by atoms with Gasteiger partial charge in [-0.2, -0.15) is 0 Å². The summed E-state index contributed by atoms with van der Waals surface area (Å²) < 4.78 is 37.6. The van der Waals surface area contributed by atoms with Gasteiger partial charge in [0.2, 0.25) is 0 Å². The van der Waals surface area contributed by atoms with Crippen LogP contribution in [-0.4, -0.2) is 221 Å². The van der Waals surface area contributed by atoms with E-state index < -0.39 is 149 Å². The maximum absolute atomic E-state index is 10.8. The fourth-order valence-electron chi connectivity index (χ4n) is 5.36. The molecule has 0 aromatic rings. The molecular weight excluding hydrogens is 624 g/mol. The monoisotopic (exact) mass is 666 g/mol. The molecule has 20 atom stereocenters. The highest BCUT2D eigenvalue weighted by molar-refractivity contribution is 4.96. The number of aliphatic hydroxyl groups excluding tert-OH is 14. The van der Waals surface area contributed by atoms with Crippen molar-refractivity contribution in [3.63, 3.8) is 0 Å². The molecule has 0 unspecified atom stereocenters. The number of ether oxygens (including phenoxy) is 7. The summed E-state index contributed by atoms with van der Waals surface area (Å²) in [5.74, 6) is 0. The van der Waals surface area contributed by atoms with Gasteiger partial charge in [-0.25, -0.2) is 0 Å². The van der Waals surface area contributed by atoms with Gasteiger partial charge >= 0.3 is 0 Å². The van der Waals surface area contributed by atoms with E-state index in [4.69, 9.17) is 33.2 Å². The summed E-state index contributed by atoms with van der Waals surface area (Å²) in [5.41, 5.74) is 0. The van der Waals surface area contributed by atoms with Gasteiger partial charge in [0.15, 0.2) is 25.2 Å². The topological polar surface area (TPSA) is 348 Å². The van der Waals surface area contributed by atoms with E-state index in [0.29, 0.717) is 0 Å². The number of aliphatic hydroxyl groups is 14. The fraction of sp³-hybridized carbons (Fsp3) is 1.00. The van der Waals surface area contributed by atoms with Crippen molar-refractivity contribution in [1.29, 1.82) is 0 Å². The van der Waals surface area contributed by atoms with Gasteiger partial charge < -0.3 is 105 Å². The lowest BCUT2D eigenvalue weighted by atomic mass is 9.96. The summed E-state index contributed by atoms with van der Waals surface area (Å²) in [4.78, 5) is 0. The second-order valence-electron chi connectivity index (χ2n) is 11.2. The van der Waals surface area contributed by atoms with Crippen LogP contribution in [0, 0.1) is 0 Å². The molecule has 0 aliphatic carbocycles. The normalized spacial score (nSPS) is 52.9. The minimum absolute atomic E-state index is 0.682. The van der Waals surface area contributed by atoms with Crippen LogP contribution in [0.25, 0.3) is 0 Å². The first-order valence-corrected chi connectivity index (χ1v) is 14.1. The molecule has 0 bridgehead atoms. The van der Waals surface area contributed by atoms with E-state index in [0.717, 1.165) is 0 Å². The summed E-state index contributed by atoms with van der Waals surface area (Å²) in [5, 5.41) is 142. The zero-order valence-corrected chi connectivity index (χ0v) is 23.5. The quantitative estimate of drug-likeness (QED) is 0.103. The third-order valence-electron chi connectivity index (χ3n) is 8.17. The van der Waals surface area contributed by atoms with Crippen molar-refractivity contribution in [3.8, 4) is 0 Å². The van der Waals surface area contributed by atoms with Crippen molar-refractivity contribution < 1.29 is 105 Å². The van der Waals surface area contributed by atoms with E-state index in [1.807, 2.05) is 0 Å². The van der Waals surface area contributed by atoms with E-state index in [9.17, 15) is 71.5 Å². The Hall–Kier alpha value is -0.840. The van der Waals surface area contributed by atoms with E-state index in [-0.39, 0.29) is 0 Å². The molecule has 0 radical (unpaired) electrons. The Balaban J connectivity index is 1.40. The summed E-state index contributed by atoms with van der Waals surface area (Å²) >= 11 is 0. The predicted molar refractivity (Wildman–Crippen MR) is 134 cm³/mol. The third kappa shape index (κ3) is 7.59. The Labute approximate surface area is 254 Å². The van der Waals surface area contributed by atoms with Gasteiger partial charge in [-0.05, 0) is 0 Å². The average molecular weight is 667 g/mol. The zero-order valence-electron chi connectivity index (χ0n) is 23.5. The van der Waals surface area contributed by atoms with Crippen LogP contribution in [0.3, 0.4) is 0 Å². The molecule has 21 heteroatoms. The van der Waals surface area contributed by atoms with Gasteiger partial charge in [0.1, 0.15) is 97.7 Å². The molecule has 0 spiro atoms. The first-order valence-electron chi connectivity index (χ1n) is 14.1. The zero-order chi connectivity index (χ0) is 33.3. The summed E-state index contributed by atoms with van der Waals surface area (Å²) in [6.07, 6.45) is -35.0. The molecule has 0 aromatic heterocycles. The van der Waals surface area contributed by atoms with Gasteiger partial charge in [0, 0.05) is 0 Å². The molecule has 0 aromatic carbocycles. The maximum atomic E-state index is 10.8. The molecule has 4 aliphatic heterocycles. The smallest absolute Gasteiger partial charge is 0.189 e. The van der Waals surface area contributed by atoms with Crippen molar-refractivity contribution in [3.05, 3.63) is 0 Å². The molecule has 4 saturated heterocycles. The van der Waals surface area contributed by atoms with Crippen LogP contribution < -0.4 is 0 Å². The summed E-state index contributed by atoms with van der Waals surface area (Å²) in [6, 6.07) is 0. The van der Waals surface area contributed by atoms with Crippen molar-refractivity contribution in [2.45, 2.75) is 123 Å². The van der Waals surface area contributed by atoms with E-state index in [1.54, 1.807) is 0 Å². The van der Waals surface area contributed by atoms with Gasteiger partial charge in [0.25, 0.3) is 0 Å². The van der Waals surface area contributed by atoms with E-state index in [2.05, 4.69) is 0 Å². The van der Waals surface area contributed by atoms with E-state index >= 15 is 0 Å². The van der Waals surface area contributed by atoms with Crippen molar-refractivity contribution in [2.75, 3.05) is 26.4 Å². The molecule has 45 heavy (non-hydrogen) atoms. The average Bonchev–Trinajstić information content (AvgIpc) is 3.03. The van der Waals surface area contributed by atoms with Crippen LogP contribution >= 0.6 is 0 Å². The van der Waals surface area contributed by atoms with Crippen LogP contribution in [0.2, 0.25) is 0 Å². The highest BCUT2D eigenvalue weighted by atomic mass is 16.8. The Morgan fingerprint density at radius 2 is 0.711 bits per heavy atom. The SMILES string of the molecule is OC[C@H]1O[C@H](OC[C@H]2O[C@@H](O[C@H]3[C@H](O)[C@@H](O)[C@@H](O[C@H]4O[C@H](CO)[C@@H](O)[C@H](O)[C@H]4O)O[C@@H]3CO)[C@H](O)[C@@H](O)[C@@H]2O)[C@H](O)[C@@H](O)[C@H]1O. The Bertz CT molecular complexity index is 912. The molecule has 21 nitrogen and oxygen atoms in total.